The highest BCUT2D eigenvalue weighted by atomic mass is 32.2. The zero-order valence-electron chi connectivity index (χ0n) is 32.8. The van der Waals surface area contributed by atoms with Crippen LogP contribution in [0.15, 0.2) is 36.9 Å². The maximum Gasteiger partial charge on any atom is 0.408 e. The molecule has 1 aromatic carbocycles. The molecule has 3 heterocycles. The van der Waals surface area contributed by atoms with Gasteiger partial charge in [-0.05, 0) is 93.4 Å². The van der Waals surface area contributed by atoms with Gasteiger partial charge in [0.05, 0.1) is 30.1 Å². The van der Waals surface area contributed by atoms with Gasteiger partial charge in [-0.1, -0.05) is 39.7 Å². The Morgan fingerprint density at radius 2 is 1.82 bits per heavy atom. The number of ether oxygens (including phenoxy) is 3. The Kier molecular flexibility index (Phi) is 11.0. The third-order valence-electron chi connectivity index (χ3n) is 12.2. The van der Waals surface area contributed by atoms with Crippen LogP contribution in [0.3, 0.4) is 0 Å². The van der Waals surface area contributed by atoms with Gasteiger partial charge in [0.2, 0.25) is 21.8 Å². The summed E-state index contributed by atoms with van der Waals surface area (Å²) in [5.74, 6) is -1.03. The number of carbonyl (C=O) groups is 4. The molecule has 0 unspecified atom stereocenters. The quantitative estimate of drug-likeness (QED) is 0.333. The first-order valence-electron chi connectivity index (χ1n) is 20.0. The Bertz CT molecular complexity index is 2000. The van der Waals surface area contributed by atoms with Gasteiger partial charge in [-0.3, -0.25) is 19.1 Å². The summed E-state index contributed by atoms with van der Waals surface area (Å²) in [5, 5.41) is 5.88. The predicted octanol–water partition coefficient (Wildman–Crippen LogP) is 4.69. The van der Waals surface area contributed by atoms with Crippen molar-refractivity contribution in [3.05, 3.63) is 42.6 Å². The molecule has 4 fully saturated rings. The monoisotopic (exact) mass is 793 g/mol. The number of nitrogens with one attached hydrogen (secondary N) is 3. The molecule has 1 aromatic heterocycles. The van der Waals surface area contributed by atoms with Crippen molar-refractivity contribution in [2.75, 3.05) is 13.7 Å². The summed E-state index contributed by atoms with van der Waals surface area (Å²) in [6.45, 7) is 9.30. The van der Waals surface area contributed by atoms with Gasteiger partial charge in [0.1, 0.15) is 41.3 Å². The zero-order chi connectivity index (χ0) is 40.0. The molecule has 1 saturated heterocycles. The van der Waals surface area contributed by atoms with Crippen LogP contribution in [0.2, 0.25) is 0 Å². The maximum absolute atomic E-state index is 14.7. The van der Waals surface area contributed by atoms with Gasteiger partial charge in [0, 0.05) is 17.7 Å². The molecule has 0 radical (unpaired) electrons. The molecular weight excluding hydrogens is 739 g/mol. The average molecular weight is 794 g/mol. The number of pyridine rings is 1. The molecule has 5 aliphatic rings. The molecular formula is C41H55N5O9S. The van der Waals surface area contributed by atoms with E-state index in [0.717, 1.165) is 61.5 Å². The molecule has 2 aromatic rings. The molecule has 7 rings (SSSR count). The molecule has 3 N–H and O–H groups in total. The topological polar surface area (TPSA) is 182 Å². The van der Waals surface area contributed by atoms with E-state index in [2.05, 4.69) is 21.9 Å². The minimum atomic E-state index is -3.90. The van der Waals surface area contributed by atoms with Crippen LogP contribution in [0.5, 0.6) is 11.5 Å². The summed E-state index contributed by atoms with van der Waals surface area (Å²) in [7, 11) is -2.30. The van der Waals surface area contributed by atoms with Crippen LogP contribution in [-0.4, -0.2) is 90.9 Å². The third-order valence-corrected chi connectivity index (χ3v) is 14.0. The van der Waals surface area contributed by atoms with E-state index in [4.69, 9.17) is 19.2 Å². The number of aryl methyl sites for hydroxylation is 1. The van der Waals surface area contributed by atoms with Crippen molar-refractivity contribution < 1.29 is 41.8 Å². The van der Waals surface area contributed by atoms with Crippen LogP contribution in [0.1, 0.15) is 97.1 Å². The highest BCUT2D eigenvalue weighted by molar-refractivity contribution is 7.91. The van der Waals surface area contributed by atoms with Crippen molar-refractivity contribution in [1.29, 1.82) is 0 Å². The summed E-state index contributed by atoms with van der Waals surface area (Å²) >= 11 is 0. The molecule has 2 bridgehead atoms. The minimum Gasteiger partial charge on any atom is -0.497 e. The van der Waals surface area contributed by atoms with Crippen LogP contribution in [0.4, 0.5) is 4.79 Å². The van der Waals surface area contributed by atoms with Gasteiger partial charge in [-0.25, -0.2) is 18.2 Å². The zero-order valence-corrected chi connectivity index (χ0v) is 33.6. The average Bonchev–Trinajstić information content (AvgIpc) is 4.04. The first kappa shape index (κ1) is 39.8. The number of nitrogens with zero attached hydrogens (tertiary/aromatic N) is 2. The van der Waals surface area contributed by atoms with E-state index in [1.165, 1.54) is 11.0 Å². The number of hydrogen-bond acceptors (Lipinski definition) is 10. The smallest absolute Gasteiger partial charge is 0.408 e. The molecule has 7 atom stereocenters. The number of amides is 4. The first-order chi connectivity index (χ1) is 26.6. The standard InChI is InChI=1S/C41H55N5O9S/c1-6-26-22-41(26,38(49)45-56(51,52)29-16-17-29)44-36(47)32-21-28-23-46(32)37(48)35(40(2,3)4)43-39(50)55-33-14-10-12-24(33)11-8-7-9-13-31-34(54-28)20-25-19-27(53-5)15-18-30(25)42-31/h6,15,18-20,24,26,28-29,32-33,35H,1,7-14,16-17,21-23H2,2-5H3,(H,43,50)(H,44,47)(H,45,49)/t24-,26+,28-,32+,33-,35-,41-/m1/s1. The SMILES string of the molecule is C=C[C@H]1C[C@]1(NC(=O)[C@@H]1C[C@@H]2CN1C(=O)[C@H](C(C)(C)C)NC(=O)O[C@@H]1CCC[C@H]1CCCCCc1nc3ccc(OC)cc3cc1O2)C(=O)NS(=O)(=O)C1CC1. The van der Waals surface area contributed by atoms with Gasteiger partial charge in [-0.2, -0.15) is 0 Å². The van der Waals surface area contributed by atoms with E-state index in [1.807, 2.05) is 45.0 Å². The summed E-state index contributed by atoms with van der Waals surface area (Å²) in [6.07, 6.45) is 8.15. The number of methoxy groups -OCH3 is 1. The Balaban J connectivity index is 1.23. The fraction of sp³-hybridized carbons (Fsp3) is 0.634. The predicted molar refractivity (Wildman–Crippen MR) is 208 cm³/mol. The fourth-order valence-corrected chi connectivity index (χ4v) is 9.99. The van der Waals surface area contributed by atoms with Gasteiger partial charge in [0.15, 0.2) is 0 Å². The first-order valence-corrected chi connectivity index (χ1v) is 21.6. The van der Waals surface area contributed by atoms with E-state index < -0.39 is 74.1 Å². The molecule has 3 aliphatic carbocycles. The highest BCUT2D eigenvalue weighted by Crippen LogP contribution is 2.46. The minimum absolute atomic E-state index is 0.000652. The van der Waals surface area contributed by atoms with E-state index in [1.54, 1.807) is 7.11 Å². The fourth-order valence-electron chi connectivity index (χ4n) is 8.62. The van der Waals surface area contributed by atoms with Crippen molar-refractivity contribution >= 4 is 44.7 Å². The second-order valence-electron chi connectivity index (χ2n) is 17.3. The molecule has 14 nitrogen and oxygen atoms in total. The lowest BCUT2D eigenvalue weighted by atomic mass is 9.85. The molecule has 15 heteroatoms. The van der Waals surface area contributed by atoms with Gasteiger partial charge in [-0.15, -0.1) is 6.58 Å². The summed E-state index contributed by atoms with van der Waals surface area (Å²) in [4.78, 5) is 62.7. The number of alkyl carbamates (subject to hydrolysis) is 1. The van der Waals surface area contributed by atoms with E-state index in [-0.39, 0.29) is 31.4 Å². The van der Waals surface area contributed by atoms with Crippen molar-refractivity contribution in [2.24, 2.45) is 17.3 Å². The van der Waals surface area contributed by atoms with Crippen LogP contribution >= 0.6 is 0 Å². The molecule has 3 saturated carbocycles. The van der Waals surface area contributed by atoms with Crippen molar-refractivity contribution in [3.8, 4) is 11.5 Å². The lowest BCUT2D eigenvalue weighted by Gasteiger charge is -2.35. The van der Waals surface area contributed by atoms with Gasteiger partial charge in [0.25, 0.3) is 5.91 Å². The number of aromatic nitrogens is 1. The van der Waals surface area contributed by atoms with E-state index in [0.29, 0.717) is 30.8 Å². The van der Waals surface area contributed by atoms with Gasteiger partial charge < -0.3 is 29.7 Å². The largest absolute Gasteiger partial charge is 0.497 e. The van der Waals surface area contributed by atoms with Crippen molar-refractivity contribution in [2.45, 2.75) is 133 Å². The molecule has 0 spiro atoms. The Hall–Kier alpha value is -4.40. The Morgan fingerprint density at radius 3 is 2.52 bits per heavy atom. The molecule has 304 valence electrons. The number of carbonyl (C=O) groups excluding carboxylic acids is 4. The molecule has 4 amide bonds. The second kappa shape index (κ2) is 15.5. The Morgan fingerprint density at radius 1 is 1.05 bits per heavy atom. The van der Waals surface area contributed by atoms with E-state index >= 15 is 0 Å². The third kappa shape index (κ3) is 8.33. The number of hydrogen-bond donors (Lipinski definition) is 3. The van der Waals surface area contributed by atoms with Crippen LogP contribution in [0, 0.1) is 17.3 Å². The van der Waals surface area contributed by atoms with E-state index in [9.17, 15) is 27.6 Å². The lowest BCUT2D eigenvalue weighted by molar-refractivity contribution is -0.143. The number of sulfonamides is 1. The highest BCUT2D eigenvalue weighted by Gasteiger charge is 2.62. The Labute approximate surface area is 328 Å². The number of fused-ring (bicyclic) bond motifs is 5. The second-order valence-corrected chi connectivity index (χ2v) is 19.3. The summed E-state index contributed by atoms with van der Waals surface area (Å²) in [6, 6.07) is 5.39. The van der Waals surface area contributed by atoms with Crippen molar-refractivity contribution in [1.82, 2.24) is 25.2 Å². The summed E-state index contributed by atoms with van der Waals surface area (Å²) in [5.41, 5.74) is -0.767. The van der Waals surface area contributed by atoms with Crippen molar-refractivity contribution in [3.63, 3.8) is 0 Å². The van der Waals surface area contributed by atoms with Crippen LogP contribution in [-0.2, 0) is 35.6 Å². The number of benzene rings is 1. The maximum atomic E-state index is 14.7. The lowest BCUT2D eigenvalue weighted by Crippen LogP contribution is -2.60. The van der Waals surface area contributed by atoms with Crippen LogP contribution < -0.4 is 24.8 Å². The molecule has 56 heavy (non-hydrogen) atoms. The van der Waals surface area contributed by atoms with Gasteiger partial charge >= 0.3 is 6.09 Å². The van der Waals surface area contributed by atoms with Crippen LogP contribution in [0.25, 0.3) is 10.9 Å². The molecule has 2 aliphatic heterocycles. The summed E-state index contributed by atoms with van der Waals surface area (Å²) < 4.78 is 45.9. The normalized spacial score (nSPS) is 30.0. The number of rotatable bonds is 7.